The van der Waals surface area contributed by atoms with Gasteiger partial charge in [0, 0.05) is 30.5 Å². The first-order chi connectivity index (χ1) is 9.66. The van der Waals surface area contributed by atoms with E-state index in [9.17, 15) is 4.79 Å². The summed E-state index contributed by atoms with van der Waals surface area (Å²) in [5, 5.41) is 0. The number of benzene rings is 1. The average Bonchev–Trinajstić information content (AvgIpc) is 2.81. The van der Waals surface area contributed by atoms with Crippen LogP contribution in [-0.2, 0) is 17.8 Å². The van der Waals surface area contributed by atoms with Crippen LogP contribution in [0.3, 0.4) is 0 Å². The number of para-hydroxylation sites is 1. The summed E-state index contributed by atoms with van der Waals surface area (Å²) in [5.74, 6) is -0.275. The van der Waals surface area contributed by atoms with Crippen LogP contribution in [0.2, 0.25) is 0 Å². The number of nitrogens with two attached hydrogens (primary N) is 1. The van der Waals surface area contributed by atoms with E-state index in [1.807, 2.05) is 37.3 Å². The maximum atomic E-state index is 11.7. The van der Waals surface area contributed by atoms with Crippen LogP contribution in [0.5, 0.6) is 0 Å². The zero-order valence-electron chi connectivity index (χ0n) is 11.4. The van der Waals surface area contributed by atoms with Crippen LogP contribution >= 0.6 is 0 Å². The Balaban J connectivity index is 1.97. The van der Waals surface area contributed by atoms with Crippen molar-refractivity contribution in [3.05, 3.63) is 59.4 Å². The molecular weight excluding hydrogens is 250 g/mol. The molecule has 1 atom stereocenters. The Labute approximate surface area is 118 Å². The van der Waals surface area contributed by atoms with Crippen LogP contribution in [0.1, 0.15) is 16.8 Å². The topological polar surface area (TPSA) is 59.2 Å². The molecule has 2 heterocycles. The Hall–Kier alpha value is -2.36. The average molecular weight is 267 g/mol. The van der Waals surface area contributed by atoms with Crippen molar-refractivity contribution in [2.75, 3.05) is 4.90 Å². The van der Waals surface area contributed by atoms with Gasteiger partial charge < -0.3 is 10.6 Å². The molecule has 102 valence electrons. The Morgan fingerprint density at radius 2 is 2.15 bits per heavy atom. The van der Waals surface area contributed by atoms with Crippen LogP contribution < -0.4 is 10.6 Å². The lowest BCUT2D eigenvalue weighted by molar-refractivity contribution is -0.119. The summed E-state index contributed by atoms with van der Waals surface area (Å²) in [6.45, 7) is 2.64. The van der Waals surface area contributed by atoms with Gasteiger partial charge in [-0.2, -0.15) is 0 Å². The maximum absolute atomic E-state index is 11.7. The molecule has 3 rings (SSSR count). The summed E-state index contributed by atoms with van der Waals surface area (Å²) in [5.41, 5.74) is 9.95. The molecule has 4 nitrogen and oxygen atoms in total. The number of primary amides is 1. The van der Waals surface area contributed by atoms with Gasteiger partial charge in [-0.1, -0.05) is 24.3 Å². The number of aryl methyl sites for hydroxylation is 1. The Morgan fingerprint density at radius 3 is 2.90 bits per heavy atom. The predicted molar refractivity (Wildman–Crippen MR) is 78.3 cm³/mol. The number of hydrogen-bond donors (Lipinski definition) is 1. The Morgan fingerprint density at radius 1 is 1.35 bits per heavy atom. The minimum absolute atomic E-state index is 0.271. The monoisotopic (exact) mass is 267 g/mol. The first-order valence-electron chi connectivity index (χ1n) is 6.71. The van der Waals surface area contributed by atoms with Crippen LogP contribution in [-0.4, -0.2) is 16.9 Å². The third-order valence-corrected chi connectivity index (χ3v) is 3.88. The number of carbonyl (C=O) groups is 1. The summed E-state index contributed by atoms with van der Waals surface area (Å²) >= 11 is 0. The number of aromatic nitrogens is 1. The lowest BCUT2D eigenvalue weighted by atomic mass is 10.1. The van der Waals surface area contributed by atoms with Crippen molar-refractivity contribution in [2.45, 2.75) is 25.9 Å². The molecule has 1 aromatic heterocycles. The second-order valence-corrected chi connectivity index (χ2v) is 5.13. The molecule has 0 unspecified atom stereocenters. The fraction of sp³-hybridized carbons (Fsp3) is 0.250. The first-order valence-corrected chi connectivity index (χ1v) is 6.71. The maximum Gasteiger partial charge on any atom is 0.240 e. The van der Waals surface area contributed by atoms with Crippen LogP contribution in [0.15, 0.2) is 42.6 Å². The van der Waals surface area contributed by atoms with E-state index in [1.165, 1.54) is 5.56 Å². The molecule has 20 heavy (non-hydrogen) atoms. The van der Waals surface area contributed by atoms with Crippen molar-refractivity contribution in [2.24, 2.45) is 5.73 Å². The minimum atomic E-state index is -0.275. The zero-order valence-corrected chi connectivity index (χ0v) is 11.4. The van der Waals surface area contributed by atoms with Crippen molar-refractivity contribution < 1.29 is 4.79 Å². The van der Waals surface area contributed by atoms with Gasteiger partial charge in [-0.15, -0.1) is 0 Å². The molecule has 2 N–H and O–H groups in total. The van der Waals surface area contributed by atoms with E-state index in [2.05, 4.69) is 16.0 Å². The van der Waals surface area contributed by atoms with Crippen molar-refractivity contribution in [1.29, 1.82) is 0 Å². The number of nitrogens with zero attached hydrogens (tertiary/aromatic N) is 2. The van der Waals surface area contributed by atoms with Gasteiger partial charge in [-0.3, -0.25) is 9.78 Å². The van der Waals surface area contributed by atoms with E-state index in [1.54, 1.807) is 6.20 Å². The van der Waals surface area contributed by atoms with Gasteiger partial charge in [-0.25, -0.2) is 0 Å². The van der Waals surface area contributed by atoms with Crippen LogP contribution in [0.4, 0.5) is 5.69 Å². The van der Waals surface area contributed by atoms with Gasteiger partial charge in [0.1, 0.15) is 6.04 Å². The predicted octanol–water partition coefficient (Wildman–Crippen LogP) is 1.81. The van der Waals surface area contributed by atoms with Crippen molar-refractivity contribution in [1.82, 2.24) is 4.98 Å². The molecule has 4 heteroatoms. The summed E-state index contributed by atoms with van der Waals surface area (Å²) < 4.78 is 0. The molecule has 0 saturated carbocycles. The summed E-state index contributed by atoms with van der Waals surface area (Å²) in [6, 6.07) is 11.8. The molecule has 0 aliphatic carbocycles. The standard InChI is InChI=1S/C16H17N3O/c1-11-13(6-4-8-18-11)10-19-14-7-3-2-5-12(14)9-15(19)16(17)20/h2-8,15H,9-10H2,1H3,(H2,17,20)/t15-/m0/s1. The fourth-order valence-electron chi connectivity index (χ4n) is 2.77. The van der Waals surface area contributed by atoms with Gasteiger partial charge in [0.2, 0.25) is 5.91 Å². The number of rotatable bonds is 3. The van der Waals surface area contributed by atoms with Crippen LogP contribution in [0, 0.1) is 6.92 Å². The van der Waals surface area contributed by atoms with E-state index in [0.29, 0.717) is 13.0 Å². The van der Waals surface area contributed by atoms with E-state index < -0.39 is 0 Å². The second-order valence-electron chi connectivity index (χ2n) is 5.13. The highest BCUT2D eigenvalue weighted by molar-refractivity contribution is 5.86. The number of hydrogen-bond acceptors (Lipinski definition) is 3. The van der Waals surface area contributed by atoms with Gasteiger partial charge in [0.25, 0.3) is 0 Å². The van der Waals surface area contributed by atoms with E-state index in [4.69, 9.17) is 5.73 Å². The Bertz CT molecular complexity index is 654. The van der Waals surface area contributed by atoms with E-state index >= 15 is 0 Å². The van der Waals surface area contributed by atoms with E-state index in [-0.39, 0.29) is 11.9 Å². The highest BCUT2D eigenvalue weighted by Gasteiger charge is 2.32. The van der Waals surface area contributed by atoms with Crippen LogP contribution in [0.25, 0.3) is 0 Å². The lowest BCUT2D eigenvalue weighted by Crippen LogP contribution is -2.42. The van der Waals surface area contributed by atoms with Gasteiger partial charge in [0.05, 0.1) is 0 Å². The molecule has 0 fully saturated rings. The smallest absolute Gasteiger partial charge is 0.240 e. The number of amides is 1. The Kier molecular flexibility index (Phi) is 3.14. The van der Waals surface area contributed by atoms with Gasteiger partial charge in [0.15, 0.2) is 0 Å². The second kappa shape index (κ2) is 4.96. The lowest BCUT2D eigenvalue weighted by Gasteiger charge is -2.26. The SMILES string of the molecule is Cc1ncccc1CN1c2ccccc2C[C@H]1C(N)=O. The largest absolute Gasteiger partial charge is 0.368 e. The normalized spacial score (nSPS) is 17.1. The zero-order chi connectivity index (χ0) is 14.1. The molecule has 0 saturated heterocycles. The van der Waals surface area contributed by atoms with Gasteiger partial charge in [-0.05, 0) is 30.2 Å². The van der Waals surface area contributed by atoms with Gasteiger partial charge >= 0.3 is 0 Å². The molecule has 1 aliphatic heterocycles. The quantitative estimate of drug-likeness (QED) is 0.922. The van der Waals surface area contributed by atoms with Crippen molar-refractivity contribution in [3.63, 3.8) is 0 Å². The molecular formula is C16H17N3O. The van der Waals surface area contributed by atoms with Crippen molar-refractivity contribution >= 4 is 11.6 Å². The molecule has 0 bridgehead atoms. The number of anilines is 1. The number of fused-ring (bicyclic) bond motifs is 1. The summed E-state index contributed by atoms with van der Waals surface area (Å²) in [4.78, 5) is 18.1. The van der Waals surface area contributed by atoms with E-state index in [0.717, 1.165) is 16.9 Å². The summed E-state index contributed by atoms with van der Waals surface area (Å²) in [6.07, 6.45) is 2.47. The first kappa shape index (κ1) is 12.7. The third kappa shape index (κ3) is 2.13. The summed E-state index contributed by atoms with van der Waals surface area (Å²) in [7, 11) is 0. The molecule has 1 amide bonds. The van der Waals surface area contributed by atoms with Crippen molar-refractivity contribution in [3.8, 4) is 0 Å². The third-order valence-electron chi connectivity index (χ3n) is 3.88. The molecule has 0 radical (unpaired) electrons. The number of carbonyl (C=O) groups excluding carboxylic acids is 1. The highest BCUT2D eigenvalue weighted by Crippen LogP contribution is 2.33. The fourth-order valence-corrected chi connectivity index (χ4v) is 2.77. The molecule has 1 aliphatic rings. The highest BCUT2D eigenvalue weighted by atomic mass is 16.1. The molecule has 2 aromatic rings. The molecule has 0 spiro atoms. The number of pyridine rings is 1. The molecule has 1 aromatic carbocycles. The minimum Gasteiger partial charge on any atom is -0.368 e.